The lowest BCUT2D eigenvalue weighted by atomic mass is 10.1. The van der Waals surface area contributed by atoms with Crippen LogP contribution in [0.5, 0.6) is 5.75 Å². The maximum atomic E-state index is 12.0. The van der Waals surface area contributed by atoms with Crippen molar-refractivity contribution in [2.45, 2.75) is 26.3 Å². The number of carbonyl (C=O) groups excluding carboxylic acids is 1. The summed E-state index contributed by atoms with van der Waals surface area (Å²) in [4.78, 5) is 12.7. The highest BCUT2D eigenvalue weighted by Crippen LogP contribution is 2.15. The van der Waals surface area contributed by atoms with Crippen LogP contribution in [0.4, 0.5) is 0 Å². The minimum absolute atomic E-state index is 0.00416. The third-order valence-electron chi connectivity index (χ3n) is 3.40. The van der Waals surface area contributed by atoms with E-state index < -0.39 is 0 Å². The van der Waals surface area contributed by atoms with E-state index in [-0.39, 0.29) is 5.91 Å². The molecular formula is C15H17N5O2S. The molecular weight excluding hydrogens is 314 g/mol. The van der Waals surface area contributed by atoms with Crippen molar-refractivity contribution >= 4 is 22.2 Å². The SMILES string of the molecule is COc1cccc(CCC(=O)NCc2nn3c(C)nnc3s2)c1. The second-order valence-corrected chi connectivity index (χ2v) is 6.11. The zero-order valence-electron chi connectivity index (χ0n) is 12.9. The average Bonchev–Trinajstić information content (AvgIpc) is 3.13. The first-order valence-corrected chi connectivity index (χ1v) is 8.04. The van der Waals surface area contributed by atoms with Crippen LogP contribution < -0.4 is 10.1 Å². The quantitative estimate of drug-likeness (QED) is 0.744. The zero-order valence-corrected chi connectivity index (χ0v) is 13.8. The number of carbonyl (C=O) groups is 1. The number of fused-ring (bicyclic) bond motifs is 1. The number of hydrogen-bond acceptors (Lipinski definition) is 6. The molecule has 2 aromatic heterocycles. The van der Waals surface area contributed by atoms with Gasteiger partial charge in [0.05, 0.1) is 13.7 Å². The summed E-state index contributed by atoms with van der Waals surface area (Å²) >= 11 is 1.43. The lowest BCUT2D eigenvalue weighted by Gasteiger charge is -2.05. The minimum atomic E-state index is -0.00416. The third-order valence-corrected chi connectivity index (χ3v) is 4.30. The van der Waals surface area contributed by atoms with Crippen LogP contribution >= 0.6 is 11.3 Å². The lowest BCUT2D eigenvalue weighted by Crippen LogP contribution is -2.23. The molecule has 3 rings (SSSR count). The van der Waals surface area contributed by atoms with Gasteiger partial charge in [0, 0.05) is 6.42 Å². The fourth-order valence-electron chi connectivity index (χ4n) is 2.17. The summed E-state index contributed by atoms with van der Waals surface area (Å²) in [5.74, 6) is 1.54. The second kappa shape index (κ2) is 6.74. The van der Waals surface area contributed by atoms with Crippen LogP contribution in [0.25, 0.3) is 4.96 Å². The van der Waals surface area contributed by atoms with Gasteiger partial charge in [0.15, 0.2) is 5.82 Å². The molecule has 1 aromatic carbocycles. The van der Waals surface area contributed by atoms with Gasteiger partial charge in [-0.25, -0.2) is 0 Å². The first-order chi connectivity index (χ1) is 11.2. The van der Waals surface area contributed by atoms with Gasteiger partial charge in [-0.15, -0.1) is 10.2 Å². The van der Waals surface area contributed by atoms with Gasteiger partial charge >= 0.3 is 0 Å². The molecule has 0 saturated heterocycles. The number of ether oxygens (including phenoxy) is 1. The number of nitrogens with zero attached hydrogens (tertiary/aromatic N) is 4. The Labute approximate surface area is 137 Å². The molecule has 23 heavy (non-hydrogen) atoms. The van der Waals surface area contributed by atoms with Crippen molar-refractivity contribution in [1.29, 1.82) is 0 Å². The second-order valence-electron chi connectivity index (χ2n) is 5.07. The Hall–Kier alpha value is -2.48. The fourth-order valence-corrected chi connectivity index (χ4v) is 2.99. The Morgan fingerprint density at radius 3 is 3.04 bits per heavy atom. The molecule has 1 N–H and O–H groups in total. The van der Waals surface area contributed by atoms with Gasteiger partial charge in [-0.2, -0.15) is 9.61 Å². The molecule has 0 radical (unpaired) electrons. The van der Waals surface area contributed by atoms with E-state index in [1.54, 1.807) is 11.6 Å². The van der Waals surface area contributed by atoms with Gasteiger partial charge < -0.3 is 10.1 Å². The molecule has 120 valence electrons. The van der Waals surface area contributed by atoms with E-state index in [1.165, 1.54) is 11.3 Å². The largest absolute Gasteiger partial charge is 0.497 e. The van der Waals surface area contributed by atoms with Crippen molar-refractivity contribution < 1.29 is 9.53 Å². The summed E-state index contributed by atoms with van der Waals surface area (Å²) in [5.41, 5.74) is 1.08. The molecule has 0 bridgehead atoms. The lowest BCUT2D eigenvalue weighted by molar-refractivity contribution is -0.121. The third kappa shape index (κ3) is 3.65. The maximum Gasteiger partial charge on any atom is 0.234 e. The number of amides is 1. The predicted molar refractivity (Wildman–Crippen MR) is 86.6 cm³/mol. The molecule has 7 nitrogen and oxygen atoms in total. The van der Waals surface area contributed by atoms with Crippen LogP contribution in [0.1, 0.15) is 22.8 Å². The van der Waals surface area contributed by atoms with Gasteiger partial charge in [0.2, 0.25) is 10.9 Å². The molecule has 0 fully saturated rings. The Balaban J connectivity index is 1.51. The summed E-state index contributed by atoms with van der Waals surface area (Å²) in [6.07, 6.45) is 1.10. The highest BCUT2D eigenvalue weighted by molar-refractivity contribution is 7.16. The number of rotatable bonds is 6. The Morgan fingerprint density at radius 2 is 2.26 bits per heavy atom. The van der Waals surface area contributed by atoms with Crippen LogP contribution in [0, 0.1) is 6.92 Å². The van der Waals surface area contributed by atoms with Gasteiger partial charge in [0.25, 0.3) is 0 Å². The average molecular weight is 331 g/mol. The van der Waals surface area contributed by atoms with E-state index in [9.17, 15) is 4.79 Å². The van der Waals surface area contributed by atoms with Crippen molar-refractivity contribution in [3.8, 4) is 5.75 Å². The molecule has 1 amide bonds. The Bertz CT molecular complexity index is 826. The van der Waals surface area contributed by atoms with E-state index in [0.717, 1.165) is 27.1 Å². The molecule has 0 unspecified atom stereocenters. The molecule has 0 atom stereocenters. The van der Waals surface area contributed by atoms with Crippen molar-refractivity contribution in [3.05, 3.63) is 40.7 Å². The standard InChI is InChI=1S/C15H17N5O2S/c1-10-17-18-15-20(10)19-14(23-15)9-16-13(21)7-6-11-4-3-5-12(8-11)22-2/h3-5,8H,6-7,9H2,1-2H3,(H,16,21). The monoisotopic (exact) mass is 331 g/mol. The number of benzene rings is 1. The first kappa shape index (κ1) is 15.4. The molecule has 3 aromatic rings. The van der Waals surface area contributed by atoms with Gasteiger partial charge in [-0.3, -0.25) is 4.79 Å². The van der Waals surface area contributed by atoms with Gasteiger partial charge in [-0.1, -0.05) is 23.5 Å². The van der Waals surface area contributed by atoms with E-state index in [0.29, 0.717) is 19.4 Å². The number of methoxy groups -OCH3 is 1. The Morgan fingerprint density at radius 1 is 1.39 bits per heavy atom. The first-order valence-electron chi connectivity index (χ1n) is 7.23. The van der Waals surface area contributed by atoms with Crippen LogP contribution in [0.2, 0.25) is 0 Å². The smallest absolute Gasteiger partial charge is 0.234 e. The van der Waals surface area contributed by atoms with Crippen LogP contribution in [0.15, 0.2) is 24.3 Å². The summed E-state index contributed by atoms with van der Waals surface area (Å²) in [5, 5.41) is 16.0. The molecule has 8 heteroatoms. The number of aryl methyl sites for hydroxylation is 2. The van der Waals surface area contributed by atoms with E-state index in [2.05, 4.69) is 20.6 Å². The summed E-state index contributed by atoms with van der Waals surface area (Å²) in [6.45, 7) is 2.25. The molecule has 0 aliphatic rings. The van der Waals surface area contributed by atoms with E-state index in [4.69, 9.17) is 4.74 Å². The zero-order chi connectivity index (χ0) is 16.2. The maximum absolute atomic E-state index is 12.0. The van der Waals surface area contributed by atoms with Gasteiger partial charge in [-0.05, 0) is 31.0 Å². The van der Waals surface area contributed by atoms with E-state index in [1.807, 2.05) is 31.2 Å². The molecule has 2 heterocycles. The molecule has 0 saturated carbocycles. The van der Waals surface area contributed by atoms with E-state index >= 15 is 0 Å². The van der Waals surface area contributed by atoms with Crippen molar-refractivity contribution in [3.63, 3.8) is 0 Å². The molecule has 0 spiro atoms. The minimum Gasteiger partial charge on any atom is -0.497 e. The Kier molecular flexibility index (Phi) is 4.52. The number of aromatic nitrogens is 4. The van der Waals surface area contributed by atoms with Gasteiger partial charge in [0.1, 0.15) is 10.8 Å². The summed E-state index contributed by atoms with van der Waals surface area (Å²) in [6, 6.07) is 7.74. The highest BCUT2D eigenvalue weighted by atomic mass is 32.1. The van der Waals surface area contributed by atoms with Crippen LogP contribution in [-0.4, -0.2) is 32.8 Å². The highest BCUT2D eigenvalue weighted by Gasteiger charge is 2.10. The molecule has 0 aliphatic carbocycles. The number of nitrogens with one attached hydrogen (secondary N) is 1. The summed E-state index contributed by atoms with van der Waals surface area (Å²) in [7, 11) is 1.63. The fraction of sp³-hybridized carbons (Fsp3) is 0.333. The van der Waals surface area contributed by atoms with Crippen molar-refractivity contribution in [2.75, 3.05) is 7.11 Å². The predicted octanol–water partition coefficient (Wildman–Crippen LogP) is 1.75. The summed E-state index contributed by atoms with van der Waals surface area (Å²) < 4.78 is 6.86. The topological polar surface area (TPSA) is 81.4 Å². The van der Waals surface area contributed by atoms with Crippen molar-refractivity contribution in [2.24, 2.45) is 0 Å². The van der Waals surface area contributed by atoms with Crippen LogP contribution in [-0.2, 0) is 17.8 Å². The van der Waals surface area contributed by atoms with Crippen molar-refractivity contribution in [1.82, 2.24) is 25.1 Å². The van der Waals surface area contributed by atoms with Crippen LogP contribution in [0.3, 0.4) is 0 Å². The molecule has 0 aliphatic heterocycles. The normalized spacial score (nSPS) is 10.9. The number of hydrogen-bond donors (Lipinski definition) is 1.